The molecule has 2 aliphatic rings. The smallest absolute Gasteiger partial charge is 0.275 e. The van der Waals surface area contributed by atoms with Gasteiger partial charge in [-0.15, -0.1) is 0 Å². The number of nitrogens with zero attached hydrogens (tertiary/aromatic N) is 1. The molecule has 2 aromatic rings. The van der Waals surface area contributed by atoms with E-state index in [9.17, 15) is 10.1 Å². The van der Waals surface area contributed by atoms with Crippen LogP contribution in [-0.4, -0.2) is 19.1 Å². The average Bonchev–Trinajstić information content (AvgIpc) is 3.16. The highest BCUT2D eigenvalue weighted by atomic mass is 79.9. The minimum Gasteiger partial charge on any atom is -0.496 e. The van der Waals surface area contributed by atoms with E-state index in [1.807, 2.05) is 18.2 Å². The lowest BCUT2D eigenvalue weighted by molar-refractivity contribution is -0.385. The number of ether oxygens (including phenoxy) is 2. The average molecular weight is 431 g/mol. The first-order valence-electron chi connectivity index (χ1n) is 8.67. The summed E-state index contributed by atoms with van der Waals surface area (Å²) in [7, 11) is 3.23. The van der Waals surface area contributed by atoms with Gasteiger partial charge in [0.1, 0.15) is 11.5 Å². The molecule has 1 heterocycles. The third-order valence-electron chi connectivity index (χ3n) is 5.40. The van der Waals surface area contributed by atoms with E-state index in [1.165, 1.54) is 6.07 Å². The van der Waals surface area contributed by atoms with Gasteiger partial charge in [-0.3, -0.25) is 10.1 Å². The van der Waals surface area contributed by atoms with Gasteiger partial charge in [0.2, 0.25) is 0 Å². The van der Waals surface area contributed by atoms with Crippen molar-refractivity contribution in [3.05, 3.63) is 68.2 Å². The maximum Gasteiger partial charge on any atom is 0.275 e. The summed E-state index contributed by atoms with van der Waals surface area (Å²) in [6.07, 6.45) is 5.02. The maximum atomic E-state index is 11.6. The van der Waals surface area contributed by atoms with E-state index in [2.05, 4.69) is 33.4 Å². The Balaban J connectivity index is 1.91. The van der Waals surface area contributed by atoms with Gasteiger partial charge in [0.05, 0.1) is 36.4 Å². The highest BCUT2D eigenvalue weighted by Gasteiger charge is 2.43. The van der Waals surface area contributed by atoms with Gasteiger partial charge < -0.3 is 14.8 Å². The third-order valence-corrected chi connectivity index (χ3v) is 5.90. The summed E-state index contributed by atoms with van der Waals surface area (Å²) in [4.78, 5) is 11.3. The van der Waals surface area contributed by atoms with E-state index in [-0.39, 0.29) is 28.5 Å². The highest BCUT2D eigenvalue weighted by molar-refractivity contribution is 9.10. The minimum atomic E-state index is -0.316. The van der Waals surface area contributed by atoms with Crippen molar-refractivity contribution in [3.8, 4) is 11.5 Å². The topological polar surface area (TPSA) is 73.6 Å². The summed E-state index contributed by atoms with van der Waals surface area (Å²) in [5.74, 6) is 1.50. The van der Waals surface area contributed by atoms with Crippen LogP contribution < -0.4 is 14.8 Å². The van der Waals surface area contributed by atoms with Crippen molar-refractivity contribution < 1.29 is 14.4 Å². The van der Waals surface area contributed by atoms with Crippen LogP contribution in [0, 0.1) is 16.0 Å². The molecule has 0 radical (unpaired) electrons. The van der Waals surface area contributed by atoms with Crippen molar-refractivity contribution in [2.45, 2.75) is 18.4 Å². The molecule has 0 amide bonds. The van der Waals surface area contributed by atoms with Gasteiger partial charge in [-0.2, -0.15) is 0 Å². The first kappa shape index (κ1) is 17.9. The normalized spacial score (nSPS) is 22.6. The van der Waals surface area contributed by atoms with Gasteiger partial charge in [-0.05, 0) is 36.6 Å². The molecule has 0 fully saturated rings. The van der Waals surface area contributed by atoms with Crippen molar-refractivity contribution in [1.29, 1.82) is 0 Å². The van der Waals surface area contributed by atoms with E-state index in [0.29, 0.717) is 17.0 Å². The number of anilines is 1. The summed E-state index contributed by atoms with van der Waals surface area (Å²) >= 11 is 3.54. The van der Waals surface area contributed by atoms with Crippen molar-refractivity contribution >= 4 is 27.3 Å². The predicted octanol–water partition coefficient (Wildman–Crippen LogP) is 5.20. The molecule has 0 unspecified atom stereocenters. The number of benzene rings is 2. The molecule has 2 aromatic carbocycles. The van der Waals surface area contributed by atoms with Crippen LogP contribution in [0.2, 0.25) is 0 Å². The van der Waals surface area contributed by atoms with Crippen LogP contribution >= 0.6 is 15.9 Å². The quantitative estimate of drug-likeness (QED) is 0.409. The second kappa shape index (κ2) is 6.88. The van der Waals surface area contributed by atoms with Crippen LogP contribution in [0.4, 0.5) is 11.4 Å². The Hall–Kier alpha value is -2.54. The third kappa shape index (κ3) is 2.86. The lowest BCUT2D eigenvalue weighted by Crippen LogP contribution is -2.30. The van der Waals surface area contributed by atoms with Crippen molar-refractivity contribution in [3.63, 3.8) is 0 Å². The number of hydrogen-bond donors (Lipinski definition) is 1. The van der Waals surface area contributed by atoms with E-state index >= 15 is 0 Å². The highest BCUT2D eigenvalue weighted by Crippen LogP contribution is 2.55. The fraction of sp³-hybridized carbons (Fsp3) is 0.300. The van der Waals surface area contributed by atoms with Gasteiger partial charge in [0.15, 0.2) is 0 Å². The number of allylic oxidation sites excluding steroid dienone is 2. The summed E-state index contributed by atoms with van der Waals surface area (Å²) < 4.78 is 12.1. The van der Waals surface area contributed by atoms with Crippen molar-refractivity contribution in [2.75, 3.05) is 19.5 Å². The van der Waals surface area contributed by atoms with Gasteiger partial charge in [0, 0.05) is 22.0 Å². The molecule has 6 nitrogen and oxygen atoms in total. The van der Waals surface area contributed by atoms with E-state index in [4.69, 9.17) is 9.47 Å². The zero-order valence-corrected chi connectivity index (χ0v) is 16.5. The molecular weight excluding hydrogens is 412 g/mol. The number of rotatable bonds is 4. The zero-order valence-electron chi connectivity index (χ0n) is 14.9. The summed E-state index contributed by atoms with van der Waals surface area (Å²) in [5.41, 5.74) is 2.53. The molecule has 0 bridgehead atoms. The van der Waals surface area contributed by atoms with Crippen LogP contribution in [0.3, 0.4) is 0 Å². The number of nitro benzene ring substituents is 1. The van der Waals surface area contributed by atoms with E-state index in [1.54, 1.807) is 20.3 Å². The van der Waals surface area contributed by atoms with Gasteiger partial charge in [-0.25, -0.2) is 0 Å². The molecule has 7 heteroatoms. The Bertz CT molecular complexity index is 944. The fourth-order valence-electron chi connectivity index (χ4n) is 4.25. The monoisotopic (exact) mass is 430 g/mol. The molecule has 0 saturated heterocycles. The van der Waals surface area contributed by atoms with Crippen LogP contribution in [0.1, 0.15) is 29.5 Å². The lowest BCUT2D eigenvalue weighted by Gasteiger charge is -2.38. The lowest BCUT2D eigenvalue weighted by atomic mass is 9.76. The first-order chi connectivity index (χ1) is 13.0. The Morgan fingerprint density at radius 2 is 1.93 bits per heavy atom. The molecule has 0 aromatic heterocycles. The Morgan fingerprint density at radius 1 is 1.19 bits per heavy atom. The number of nitrogens with one attached hydrogen (secondary N) is 1. The largest absolute Gasteiger partial charge is 0.496 e. The van der Waals surface area contributed by atoms with E-state index in [0.717, 1.165) is 22.2 Å². The second-order valence-electron chi connectivity index (χ2n) is 6.69. The van der Waals surface area contributed by atoms with Crippen LogP contribution in [0.25, 0.3) is 0 Å². The number of nitro groups is 1. The summed E-state index contributed by atoms with van der Waals surface area (Å²) in [5, 5.41) is 15.2. The van der Waals surface area contributed by atoms with Gasteiger partial charge in [0.25, 0.3) is 5.69 Å². The van der Waals surface area contributed by atoms with E-state index < -0.39 is 0 Å². The SMILES string of the molecule is COc1ccc(Br)cc1[C@@H]1Nc2c(OC)ccc([N+](=O)[O-])c2[C@H]2C=CC[C@@H]21. The molecule has 0 spiro atoms. The maximum absolute atomic E-state index is 11.6. The molecule has 27 heavy (non-hydrogen) atoms. The first-order valence-corrected chi connectivity index (χ1v) is 9.46. The zero-order chi connectivity index (χ0) is 19.1. The molecule has 0 saturated carbocycles. The summed E-state index contributed by atoms with van der Waals surface area (Å²) in [6, 6.07) is 9.04. The molecule has 1 N–H and O–H groups in total. The van der Waals surface area contributed by atoms with Crippen LogP contribution in [0.15, 0.2) is 47.0 Å². The molecule has 3 atom stereocenters. The Labute approximate surface area is 165 Å². The van der Waals surface area contributed by atoms with Crippen molar-refractivity contribution in [2.24, 2.45) is 5.92 Å². The van der Waals surface area contributed by atoms with Gasteiger partial charge >= 0.3 is 0 Å². The molecule has 140 valence electrons. The van der Waals surface area contributed by atoms with Crippen LogP contribution in [0.5, 0.6) is 11.5 Å². The number of hydrogen-bond acceptors (Lipinski definition) is 5. The predicted molar refractivity (Wildman–Crippen MR) is 107 cm³/mol. The molecule has 4 rings (SSSR count). The van der Waals surface area contributed by atoms with Gasteiger partial charge in [-0.1, -0.05) is 28.1 Å². The standard InChI is InChI=1S/C20H19BrN2O4/c1-26-16-8-6-11(21)10-14(16)19-13-5-3-4-12(13)18-15(23(24)25)7-9-17(27-2)20(18)22-19/h3-4,6-10,12-13,19,22H,5H2,1-2H3/t12-,13-,19+/m0/s1. The number of fused-ring (bicyclic) bond motifs is 3. The molecule has 1 aliphatic carbocycles. The van der Waals surface area contributed by atoms with Crippen LogP contribution in [-0.2, 0) is 0 Å². The Morgan fingerprint density at radius 3 is 2.63 bits per heavy atom. The minimum absolute atomic E-state index is 0.0505. The fourth-order valence-corrected chi connectivity index (χ4v) is 4.63. The molecule has 1 aliphatic heterocycles. The second-order valence-corrected chi connectivity index (χ2v) is 7.61. The Kier molecular flexibility index (Phi) is 4.55. The molecular formula is C20H19BrN2O4. The summed E-state index contributed by atoms with van der Waals surface area (Å²) in [6.45, 7) is 0. The van der Waals surface area contributed by atoms with Crippen molar-refractivity contribution in [1.82, 2.24) is 0 Å². The number of halogens is 1. The number of methoxy groups -OCH3 is 2.